The van der Waals surface area contributed by atoms with Gasteiger partial charge in [0.2, 0.25) is 0 Å². The highest BCUT2D eigenvalue weighted by atomic mass is 16.9. The largest absolute Gasteiger partial charge is 0.328 e. The first-order valence-electron chi connectivity index (χ1n) is 8.89. The number of rotatable bonds is 7. The summed E-state index contributed by atoms with van der Waals surface area (Å²) in [5.41, 5.74) is 1.58. The molecule has 0 spiro atoms. The van der Waals surface area contributed by atoms with E-state index >= 15 is 0 Å². The fourth-order valence-electron chi connectivity index (χ4n) is 3.70. The van der Waals surface area contributed by atoms with Gasteiger partial charge in [0.15, 0.2) is 0 Å². The number of carbonyl (C=O) groups is 1. The molecule has 6 heteroatoms. The van der Waals surface area contributed by atoms with Crippen molar-refractivity contribution in [3.63, 3.8) is 0 Å². The SMILES string of the molecule is CCC(=O)C(c1ccccc1)(c1ccccc1)C(C)CN(C)C.O=[N+]([O-])O. The lowest BCUT2D eigenvalue weighted by Crippen LogP contribution is -2.46. The summed E-state index contributed by atoms with van der Waals surface area (Å²) in [6, 6.07) is 20.5. The zero-order valence-electron chi connectivity index (χ0n) is 16.3. The quantitative estimate of drug-likeness (QED) is 0.590. The fraction of sp³-hybridized carbons (Fsp3) is 0.381. The lowest BCUT2D eigenvalue weighted by Gasteiger charge is -2.40. The molecule has 0 fully saturated rings. The molecule has 0 saturated heterocycles. The van der Waals surface area contributed by atoms with Gasteiger partial charge in [-0.2, -0.15) is 0 Å². The summed E-state index contributed by atoms with van der Waals surface area (Å²) in [5.74, 6) is 0.457. The van der Waals surface area contributed by atoms with Crippen molar-refractivity contribution in [1.29, 1.82) is 0 Å². The first-order valence-corrected chi connectivity index (χ1v) is 8.89. The highest BCUT2D eigenvalue weighted by Gasteiger charge is 2.45. The molecule has 1 atom stereocenters. The summed E-state index contributed by atoms with van der Waals surface area (Å²) in [4.78, 5) is 23.8. The molecule has 0 radical (unpaired) electrons. The van der Waals surface area contributed by atoms with Gasteiger partial charge in [0.25, 0.3) is 5.09 Å². The lowest BCUT2D eigenvalue weighted by atomic mass is 9.63. The maximum Gasteiger partial charge on any atom is 0.291 e. The molecule has 0 aliphatic heterocycles. The van der Waals surface area contributed by atoms with Gasteiger partial charge in [0.05, 0.1) is 5.41 Å². The van der Waals surface area contributed by atoms with E-state index in [9.17, 15) is 4.79 Å². The van der Waals surface area contributed by atoms with Crippen LogP contribution in [-0.4, -0.2) is 41.6 Å². The van der Waals surface area contributed by atoms with Gasteiger partial charge >= 0.3 is 0 Å². The Labute approximate surface area is 160 Å². The molecule has 0 bridgehead atoms. The van der Waals surface area contributed by atoms with Crippen molar-refractivity contribution in [2.45, 2.75) is 25.7 Å². The molecule has 1 unspecified atom stereocenters. The van der Waals surface area contributed by atoms with E-state index in [-0.39, 0.29) is 11.7 Å². The zero-order valence-corrected chi connectivity index (χ0v) is 16.3. The van der Waals surface area contributed by atoms with E-state index in [1.165, 1.54) is 0 Å². The smallest absolute Gasteiger partial charge is 0.291 e. The molecule has 0 aliphatic carbocycles. The monoisotopic (exact) mass is 372 g/mol. The van der Waals surface area contributed by atoms with Crippen LogP contribution in [0.5, 0.6) is 0 Å². The van der Waals surface area contributed by atoms with Crippen LogP contribution in [0.25, 0.3) is 0 Å². The predicted molar refractivity (Wildman–Crippen MR) is 105 cm³/mol. The first kappa shape index (κ1) is 22.3. The first-order chi connectivity index (χ1) is 12.8. The molecule has 0 aliphatic rings. The second-order valence-electron chi connectivity index (χ2n) is 6.72. The molecule has 2 aromatic carbocycles. The minimum atomic E-state index is -1.50. The van der Waals surface area contributed by atoms with E-state index in [4.69, 9.17) is 15.3 Å². The van der Waals surface area contributed by atoms with Gasteiger partial charge in [0, 0.05) is 13.0 Å². The topological polar surface area (TPSA) is 83.7 Å². The maximum atomic E-state index is 13.2. The van der Waals surface area contributed by atoms with Crippen LogP contribution in [0.1, 0.15) is 31.4 Å². The third-order valence-electron chi connectivity index (χ3n) is 4.60. The van der Waals surface area contributed by atoms with Crippen LogP contribution in [0.4, 0.5) is 0 Å². The molecule has 1 N–H and O–H groups in total. The molecule has 0 saturated carbocycles. The van der Waals surface area contributed by atoms with Crippen LogP contribution < -0.4 is 0 Å². The molecule has 2 rings (SSSR count). The van der Waals surface area contributed by atoms with Crippen molar-refractivity contribution in [2.24, 2.45) is 5.92 Å². The van der Waals surface area contributed by atoms with E-state index in [1.807, 2.05) is 43.3 Å². The number of ketones is 1. The minimum Gasteiger partial charge on any atom is -0.328 e. The summed E-state index contributed by atoms with van der Waals surface area (Å²) in [5, 5.41) is 13.6. The van der Waals surface area contributed by atoms with Crippen LogP contribution in [-0.2, 0) is 10.2 Å². The number of benzene rings is 2. The Morgan fingerprint density at radius 1 is 1.07 bits per heavy atom. The standard InChI is InChI=1S/C21H27NO.HNO3/c1-5-20(23)21(17(2)16-22(3)4,18-12-8-6-9-13-18)19-14-10-7-11-15-19;2-1(3)4/h6-15,17H,5,16H2,1-4H3;(H,2,3,4). The van der Waals surface area contributed by atoms with E-state index in [1.54, 1.807) is 0 Å². The Morgan fingerprint density at radius 3 is 1.74 bits per heavy atom. The number of hydrogen-bond donors (Lipinski definition) is 1. The lowest BCUT2D eigenvalue weighted by molar-refractivity contribution is -0.742. The molecule has 27 heavy (non-hydrogen) atoms. The Hall–Kier alpha value is -2.73. The average Bonchev–Trinajstić information content (AvgIpc) is 2.63. The summed E-state index contributed by atoms with van der Waals surface area (Å²) >= 11 is 0. The van der Waals surface area contributed by atoms with Crippen LogP contribution in [0.3, 0.4) is 0 Å². The van der Waals surface area contributed by atoms with Crippen molar-refractivity contribution in [3.8, 4) is 0 Å². The second-order valence-corrected chi connectivity index (χ2v) is 6.72. The van der Waals surface area contributed by atoms with Gasteiger partial charge in [-0.3, -0.25) is 4.79 Å². The van der Waals surface area contributed by atoms with Gasteiger partial charge in [-0.15, -0.1) is 10.1 Å². The Balaban J connectivity index is 0.000000828. The summed E-state index contributed by atoms with van der Waals surface area (Å²) in [6.07, 6.45) is 0.529. The van der Waals surface area contributed by atoms with E-state index in [2.05, 4.69) is 50.2 Å². The van der Waals surface area contributed by atoms with E-state index in [0.29, 0.717) is 6.42 Å². The normalized spacial score (nSPS) is 12.0. The summed E-state index contributed by atoms with van der Waals surface area (Å²) < 4.78 is 0. The molecular formula is C21H28N2O4. The van der Waals surface area contributed by atoms with Gasteiger partial charge in [-0.05, 0) is 31.1 Å². The van der Waals surface area contributed by atoms with Gasteiger partial charge in [-0.25, -0.2) is 0 Å². The van der Waals surface area contributed by atoms with Crippen molar-refractivity contribution >= 4 is 5.78 Å². The number of nitrogens with zero attached hydrogens (tertiary/aromatic N) is 2. The van der Waals surface area contributed by atoms with E-state index < -0.39 is 10.5 Å². The predicted octanol–water partition coefficient (Wildman–Crippen LogP) is 3.80. The van der Waals surface area contributed by atoms with Gasteiger partial charge in [0.1, 0.15) is 5.78 Å². The summed E-state index contributed by atoms with van der Waals surface area (Å²) in [6.45, 7) is 5.01. The van der Waals surface area contributed by atoms with E-state index in [0.717, 1.165) is 17.7 Å². The van der Waals surface area contributed by atoms with Crippen LogP contribution in [0.15, 0.2) is 60.7 Å². The molecule has 0 amide bonds. The van der Waals surface area contributed by atoms with Gasteiger partial charge in [-0.1, -0.05) is 74.5 Å². The fourth-order valence-corrected chi connectivity index (χ4v) is 3.70. The summed E-state index contributed by atoms with van der Waals surface area (Å²) in [7, 11) is 4.13. The van der Waals surface area contributed by atoms with Crippen molar-refractivity contribution in [3.05, 3.63) is 81.9 Å². The minimum absolute atomic E-state index is 0.176. The van der Waals surface area contributed by atoms with Crippen molar-refractivity contribution in [1.82, 2.24) is 4.90 Å². The Morgan fingerprint density at radius 2 is 1.44 bits per heavy atom. The highest BCUT2D eigenvalue weighted by molar-refractivity contribution is 5.94. The molecule has 2 aromatic rings. The second kappa shape index (κ2) is 10.4. The maximum absolute atomic E-state index is 13.2. The third kappa shape index (κ3) is 5.62. The number of carbonyl (C=O) groups excluding carboxylic acids is 1. The molecule has 146 valence electrons. The van der Waals surface area contributed by atoms with Crippen molar-refractivity contribution in [2.75, 3.05) is 20.6 Å². The van der Waals surface area contributed by atoms with Gasteiger partial charge < -0.3 is 10.1 Å². The van der Waals surface area contributed by atoms with Crippen LogP contribution in [0, 0.1) is 16.0 Å². The Bertz CT molecular complexity index is 674. The molecule has 0 heterocycles. The Kier molecular flexibility index (Phi) is 8.62. The van der Waals surface area contributed by atoms with Crippen LogP contribution in [0.2, 0.25) is 0 Å². The number of Topliss-reactive ketones (excluding diaryl/α,β-unsaturated/α-hetero) is 1. The molecular weight excluding hydrogens is 344 g/mol. The van der Waals surface area contributed by atoms with Crippen molar-refractivity contribution < 1.29 is 15.1 Å². The van der Waals surface area contributed by atoms with Crippen LogP contribution >= 0.6 is 0 Å². The highest BCUT2D eigenvalue weighted by Crippen LogP contribution is 2.41. The molecule has 6 nitrogen and oxygen atoms in total. The molecule has 0 aromatic heterocycles. The number of hydrogen-bond acceptors (Lipinski definition) is 4. The third-order valence-corrected chi connectivity index (χ3v) is 4.60. The average molecular weight is 372 g/mol. The zero-order chi connectivity index (χ0) is 20.4.